The molecule has 1 aliphatic rings. The van der Waals surface area contributed by atoms with Crippen LogP contribution in [0.4, 0.5) is 0 Å². The molecule has 1 fully saturated rings. The van der Waals surface area contributed by atoms with E-state index in [0.29, 0.717) is 25.9 Å². The fourth-order valence-electron chi connectivity index (χ4n) is 2.36. The number of aromatic nitrogens is 3. The van der Waals surface area contributed by atoms with Gasteiger partial charge in [0.15, 0.2) is 0 Å². The lowest BCUT2D eigenvalue weighted by Crippen LogP contribution is -2.50. The molecule has 1 aromatic rings. The molecule has 9 heteroatoms. The topological polar surface area (TPSA) is 111 Å². The van der Waals surface area contributed by atoms with Gasteiger partial charge in [-0.2, -0.15) is 17.8 Å². The maximum atomic E-state index is 12.2. The minimum absolute atomic E-state index is 0.126. The van der Waals surface area contributed by atoms with Gasteiger partial charge in [0.1, 0.15) is 12.2 Å². The van der Waals surface area contributed by atoms with Gasteiger partial charge in [-0.25, -0.2) is 9.71 Å². The van der Waals surface area contributed by atoms with E-state index >= 15 is 0 Å². The van der Waals surface area contributed by atoms with Gasteiger partial charge in [-0.15, -0.1) is 0 Å². The number of aryl methyl sites for hydroxylation is 1. The monoisotopic (exact) mass is 303 g/mol. The van der Waals surface area contributed by atoms with Gasteiger partial charge in [0.25, 0.3) is 10.2 Å². The van der Waals surface area contributed by atoms with Crippen LogP contribution in [-0.4, -0.2) is 58.7 Å². The third-order valence-corrected chi connectivity index (χ3v) is 5.10. The van der Waals surface area contributed by atoms with Crippen LogP contribution in [0.15, 0.2) is 6.33 Å². The minimum atomic E-state index is -3.51. The van der Waals surface area contributed by atoms with Crippen LogP contribution in [0.3, 0.4) is 0 Å². The minimum Gasteiger partial charge on any atom is -0.395 e. The molecule has 2 heterocycles. The Balaban J connectivity index is 1.80. The van der Waals surface area contributed by atoms with Crippen molar-refractivity contribution < 1.29 is 13.5 Å². The van der Waals surface area contributed by atoms with E-state index in [9.17, 15) is 13.5 Å². The molecule has 2 rings (SSSR count). The predicted molar refractivity (Wildman–Crippen MR) is 73.1 cm³/mol. The van der Waals surface area contributed by atoms with Gasteiger partial charge in [0.05, 0.1) is 6.61 Å². The summed E-state index contributed by atoms with van der Waals surface area (Å²) >= 11 is 0. The average molecular weight is 303 g/mol. The van der Waals surface area contributed by atoms with E-state index in [0.717, 1.165) is 25.1 Å². The molecule has 0 amide bonds. The van der Waals surface area contributed by atoms with Crippen molar-refractivity contribution in [2.75, 3.05) is 19.7 Å². The van der Waals surface area contributed by atoms with Crippen LogP contribution in [0, 0.1) is 0 Å². The van der Waals surface area contributed by atoms with E-state index in [4.69, 9.17) is 0 Å². The number of hydrogen-bond donors (Lipinski definition) is 3. The summed E-state index contributed by atoms with van der Waals surface area (Å²) in [4.78, 5) is 3.98. The van der Waals surface area contributed by atoms with E-state index in [1.165, 1.54) is 10.6 Å². The van der Waals surface area contributed by atoms with E-state index in [-0.39, 0.29) is 12.6 Å². The van der Waals surface area contributed by atoms with Gasteiger partial charge in [-0.05, 0) is 19.3 Å². The van der Waals surface area contributed by atoms with Crippen LogP contribution in [-0.2, 0) is 16.6 Å². The molecule has 0 spiro atoms. The molecular formula is C11H21N5O3S. The Labute approximate surface area is 118 Å². The predicted octanol–water partition coefficient (Wildman–Crippen LogP) is -0.581. The van der Waals surface area contributed by atoms with Gasteiger partial charge in [0.2, 0.25) is 0 Å². The second kappa shape index (κ2) is 7.11. The van der Waals surface area contributed by atoms with Crippen molar-refractivity contribution in [3.8, 4) is 0 Å². The Bertz CT molecular complexity index is 490. The van der Waals surface area contributed by atoms with Gasteiger partial charge < -0.3 is 5.11 Å². The summed E-state index contributed by atoms with van der Waals surface area (Å²) in [6, 6.07) is -0.296. The molecule has 1 unspecified atom stereocenters. The number of rotatable bonds is 7. The molecule has 3 N–H and O–H groups in total. The molecule has 0 aromatic carbocycles. The van der Waals surface area contributed by atoms with Crippen molar-refractivity contribution in [1.82, 2.24) is 24.2 Å². The van der Waals surface area contributed by atoms with Crippen LogP contribution in [0.1, 0.15) is 31.5 Å². The highest BCUT2D eigenvalue weighted by Gasteiger charge is 2.31. The third kappa shape index (κ3) is 3.98. The molecule has 8 nitrogen and oxygen atoms in total. The molecule has 0 aliphatic carbocycles. The normalized spacial score (nSPS) is 21.1. The first kappa shape index (κ1) is 15.4. The standard InChI is InChI=1S/C11H21N5O3S/c17-8-10-4-1-2-7-16(10)20(18,19)14-6-3-5-11-12-9-13-15-11/h9-10,14,17H,1-8H2,(H,12,13,15). The summed E-state index contributed by atoms with van der Waals surface area (Å²) in [5.41, 5.74) is 0. The number of hydrogen-bond acceptors (Lipinski definition) is 5. The average Bonchev–Trinajstić information content (AvgIpc) is 2.97. The smallest absolute Gasteiger partial charge is 0.279 e. The SMILES string of the molecule is O=S(=O)(NCCCc1ncn[nH]1)N1CCCCC1CO. The number of H-pyrrole nitrogens is 1. The van der Waals surface area contributed by atoms with Gasteiger partial charge >= 0.3 is 0 Å². The van der Waals surface area contributed by atoms with Crippen LogP contribution < -0.4 is 4.72 Å². The lowest BCUT2D eigenvalue weighted by Gasteiger charge is -2.33. The fraction of sp³-hybridized carbons (Fsp3) is 0.818. The number of nitrogens with one attached hydrogen (secondary N) is 2. The van der Waals surface area contributed by atoms with Crippen molar-refractivity contribution in [1.29, 1.82) is 0 Å². The van der Waals surface area contributed by atoms with Crippen molar-refractivity contribution >= 4 is 10.2 Å². The molecule has 0 saturated carbocycles. The second-order valence-electron chi connectivity index (χ2n) is 4.88. The van der Waals surface area contributed by atoms with Crippen LogP contribution in [0.2, 0.25) is 0 Å². The Morgan fingerprint density at radius 1 is 1.50 bits per heavy atom. The molecule has 1 saturated heterocycles. The highest BCUT2D eigenvalue weighted by Crippen LogP contribution is 2.19. The Hall–Kier alpha value is -1.03. The van der Waals surface area contributed by atoms with Gasteiger partial charge in [-0.1, -0.05) is 6.42 Å². The first-order valence-electron chi connectivity index (χ1n) is 6.85. The molecular weight excluding hydrogens is 282 g/mol. The number of nitrogens with zero attached hydrogens (tertiary/aromatic N) is 3. The summed E-state index contributed by atoms with van der Waals surface area (Å²) in [5.74, 6) is 0.746. The Morgan fingerprint density at radius 2 is 2.35 bits per heavy atom. The molecule has 0 bridgehead atoms. The van der Waals surface area contributed by atoms with Crippen LogP contribution in [0.5, 0.6) is 0 Å². The van der Waals surface area contributed by atoms with Crippen LogP contribution in [0.25, 0.3) is 0 Å². The quantitative estimate of drug-likeness (QED) is 0.584. The lowest BCUT2D eigenvalue weighted by molar-refractivity contribution is 0.154. The fourth-order valence-corrected chi connectivity index (χ4v) is 3.87. The van der Waals surface area contributed by atoms with E-state index in [1.807, 2.05) is 0 Å². The van der Waals surface area contributed by atoms with Crippen molar-refractivity contribution in [2.24, 2.45) is 0 Å². The van der Waals surface area contributed by atoms with Crippen molar-refractivity contribution in [3.05, 3.63) is 12.2 Å². The van der Waals surface area contributed by atoms with E-state index in [1.54, 1.807) is 0 Å². The molecule has 1 aromatic heterocycles. The number of aromatic amines is 1. The zero-order valence-electron chi connectivity index (χ0n) is 11.3. The molecule has 1 atom stereocenters. The summed E-state index contributed by atoms with van der Waals surface area (Å²) in [6.45, 7) is 0.694. The Morgan fingerprint density at radius 3 is 3.05 bits per heavy atom. The first-order valence-corrected chi connectivity index (χ1v) is 8.29. The molecule has 1 aliphatic heterocycles. The van der Waals surface area contributed by atoms with Crippen molar-refractivity contribution in [3.63, 3.8) is 0 Å². The van der Waals surface area contributed by atoms with Gasteiger partial charge in [-0.3, -0.25) is 5.10 Å². The summed E-state index contributed by atoms with van der Waals surface area (Å²) < 4.78 is 28.3. The number of piperidine rings is 1. The highest BCUT2D eigenvalue weighted by atomic mass is 32.2. The molecule has 114 valence electrons. The third-order valence-electron chi connectivity index (χ3n) is 3.43. The highest BCUT2D eigenvalue weighted by molar-refractivity contribution is 7.87. The van der Waals surface area contributed by atoms with Gasteiger partial charge in [0, 0.05) is 25.6 Å². The Kier molecular flexibility index (Phi) is 5.46. The lowest BCUT2D eigenvalue weighted by atomic mass is 10.1. The van der Waals surface area contributed by atoms with E-state index < -0.39 is 10.2 Å². The number of aliphatic hydroxyl groups excluding tert-OH is 1. The van der Waals surface area contributed by atoms with Crippen LogP contribution >= 0.6 is 0 Å². The molecule has 0 radical (unpaired) electrons. The summed E-state index contributed by atoms with van der Waals surface area (Å²) in [5, 5.41) is 15.7. The maximum absolute atomic E-state index is 12.2. The summed E-state index contributed by atoms with van der Waals surface area (Å²) in [7, 11) is -3.51. The van der Waals surface area contributed by atoms with Crippen molar-refractivity contribution in [2.45, 2.75) is 38.1 Å². The first-order chi connectivity index (χ1) is 9.63. The second-order valence-corrected chi connectivity index (χ2v) is 6.59. The maximum Gasteiger partial charge on any atom is 0.279 e. The van der Waals surface area contributed by atoms with E-state index in [2.05, 4.69) is 19.9 Å². The zero-order valence-corrected chi connectivity index (χ0v) is 12.1. The summed E-state index contributed by atoms with van der Waals surface area (Å²) in [6.07, 6.45) is 5.24. The number of aliphatic hydroxyl groups is 1. The largest absolute Gasteiger partial charge is 0.395 e. The zero-order chi connectivity index (χ0) is 14.4. The molecule has 20 heavy (non-hydrogen) atoms.